The van der Waals surface area contributed by atoms with E-state index in [-0.39, 0.29) is 23.6 Å². The molecule has 2 aliphatic heterocycles. The Labute approximate surface area is 344 Å². The summed E-state index contributed by atoms with van der Waals surface area (Å²) in [6.07, 6.45) is 1.31. The van der Waals surface area contributed by atoms with Gasteiger partial charge in [-0.15, -0.1) is 0 Å². The molecule has 10 heteroatoms. The second-order valence-corrected chi connectivity index (χ2v) is 15.2. The fourth-order valence-electron chi connectivity index (χ4n) is 8.28. The maximum Gasteiger partial charge on any atom is 0.264 e. The van der Waals surface area contributed by atoms with Crippen molar-refractivity contribution in [2.24, 2.45) is 0 Å². The zero-order valence-electron chi connectivity index (χ0n) is 33.3. The largest absolute Gasteiger partial charge is 0.508 e. The first kappa shape index (κ1) is 39.7. The lowest BCUT2D eigenvalue weighted by Crippen LogP contribution is -2.52. The molecule has 1 atom stereocenters. The topological polar surface area (TPSA) is 87.5 Å². The molecule has 0 saturated carbocycles. The second kappa shape index (κ2) is 18.2. The number of phenols is 1. The van der Waals surface area contributed by atoms with Gasteiger partial charge in [0.1, 0.15) is 11.6 Å². The molecule has 0 bridgehead atoms. The first-order valence-corrected chi connectivity index (χ1v) is 20.3. The molecule has 8 rings (SSSR count). The van der Waals surface area contributed by atoms with Crippen molar-refractivity contribution in [1.29, 1.82) is 0 Å². The maximum atomic E-state index is 15.6. The highest BCUT2D eigenvalue weighted by Gasteiger charge is 2.34. The Bertz CT molecular complexity index is 2380. The third kappa shape index (κ3) is 9.00. The number of fused-ring (bicyclic) bond motifs is 1. The van der Waals surface area contributed by atoms with Gasteiger partial charge in [0, 0.05) is 79.3 Å². The van der Waals surface area contributed by atoms with E-state index in [0.717, 1.165) is 24.2 Å². The maximum absolute atomic E-state index is 15.6. The van der Waals surface area contributed by atoms with E-state index in [9.17, 15) is 9.90 Å². The van der Waals surface area contributed by atoms with Gasteiger partial charge in [-0.05, 0) is 97.1 Å². The summed E-state index contributed by atoms with van der Waals surface area (Å²) in [5, 5.41) is 10.1. The van der Waals surface area contributed by atoms with E-state index in [0.29, 0.717) is 98.4 Å². The van der Waals surface area contributed by atoms with Gasteiger partial charge in [0.2, 0.25) is 0 Å². The second-order valence-electron chi connectivity index (χ2n) is 15.2. The lowest BCUT2D eigenvalue weighted by Gasteiger charge is -2.40. The van der Waals surface area contributed by atoms with Crippen LogP contribution in [0.4, 0.5) is 15.8 Å². The van der Waals surface area contributed by atoms with Gasteiger partial charge in [-0.2, -0.15) is 0 Å². The van der Waals surface area contributed by atoms with Crippen LogP contribution in [0.1, 0.15) is 49.5 Å². The van der Waals surface area contributed by atoms with Crippen molar-refractivity contribution in [2.45, 2.75) is 45.5 Å². The van der Waals surface area contributed by atoms with Crippen molar-refractivity contribution in [1.82, 2.24) is 14.4 Å². The molecular weight excluding hydrogens is 744 g/mol. The monoisotopic (exact) mass is 792 g/mol. The fraction of sp³-hybridized carbons (Fsp3) is 0.265. The lowest BCUT2D eigenvalue weighted by molar-refractivity contribution is 0.0193. The third-order valence-corrected chi connectivity index (χ3v) is 11.4. The van der Waals surface area contributed by atoms with Gasteiger partial charge in [-0.25, -0.2) is 4.39 Å². The number of amides is 2. The quantitative estimate of drug-likeness (QED) is 0.118. The zero-order chi connectivity index (χ0) is 40.7. The van der Waals surface area contributed by atoms with Gasteiger partial charge >= 0.3 is 0 Å². The number of para-hydroxylation sites is 1. The predicted octanol–water partition coefficient (Wildman–Crippen LogP) is 8.79. The van der Waals surface area contributed by atoms with Gasteiger partial charge in [-0.3, -0.25) is 19.4 Å². The van der Waals surface area contributed by atoms with Crippen LogP contribution in [0.2, 0.25) is 0 Å². The number of hydrogen-bond acceptors (Lipinski definition) is 6. The third-order valence-electron chi connectivity index (χ3n) is 11.4. The Morgan fingerprint density at radius 1 is 0.814 bits per heavy atom. The lowest BCUT2D eigenvalue weighted by atomic mass is 9.92. The molecule has 0 radical (unpaired) electrons. The predicted molar refractivity (Wildman–Crippen MR) is 227 cm³/mol. The molecule has 2 amide bonds. The minimum Gasteiger partial charge on any atom is -0.508 e. The minimum absolute atomic E-state index is 0.0843. The van der Waals surface area contributed by atoms with Crippen molar-refractivity contribution in [3.8, 4) is 17.0 Å². The van der Waals surface area contributed by atoms with Crippen molar-refractivity contribution in [2.75, 3.05) is 44.4 Å². The number of carbonyl (C=O) groups is 2. The Balaban J connectivity index is 1.18. The van der Waals surface area contributed by atoms with Gasteiger partial charge in [0.15, 0.2) is 0 Å². The zero-order valence-corrected chi connectivity index (χ0v) is 33.3. The SMILES string of the molecule is Cc1c(C(=O)N(c2ccccc2)c2ccc(O)cc2)cc(-c2cc(F)ccc2C(=O)N2Cc3ccccc3C[C@H]2CN2CCOCC2)n1CCCOCc1ccccc1. The van der Waals surface area contributed by atoms with Gasteiger partial charge < -0.3 is 24.0 Å². The van der Waals surface area contributed by atoms with Gasteiger partial charge in [0.05, 0.1) is 25.4 Å². The van der Waals surface area contributed by atoms with E-state index in [1.165, 1.54) is 17.7 Å². The number of phenolic OH excluding ortho intramolecular Hbond substituents is 1. The molecule has 1 fully saturated rings. The number of benzene rings is 5. The van der Waals surface area contributed by atoms with Gasteiger partial charge in [0.25, 0.3) is 11.8 Å². The molecular formula is C49H49FN4O5. The number of morpholine rings is 1. The van der Waals surface area contributed by atoms with Crippen molar-refractivity contribution < 1.29 is 28.6 Å². The number of rotatable bonds is 13. The number of ether oxygens (including phenoxy) is 2. The minimum atomic E-state index is -0.482. The molecule has 0 aliphatic carbocycles. The van der Waals surface area contributed by atoms with E-state index < -0.39 is 5.82 Å². The normalized spacial score (nSPS) is 15.5. The molecule has 6 aromatic rings. The first-order valence-electron chi connectivity index (χ1n) is 20.3. The Hall–Kier alpha value is -6.07. The van der Waals surface area contributed by atoms with Crippen LogP contribution in [-0.2, 0) is 35.6 Å². The molecule has 2 aliphatic rings. The van der Waals surface area contributed by atoms with E-state index >= 15 is 9.18 Å². The van der Waals surface area contributed by atoms with Crippen LogP contribution >= 0.6 is 0 Å². The average molecular weight is 793 g/mol. The Kier molecular flexibility index (Phi) is 12.3. The molecule has 9 nitrogen and oxygen atoms in total. The summed E-state index contributed by atoms with van der Waals surface area (Å²) in [4.78, 5) is 35.9. The molecule has 1 N–H and O–H groups in total. The Morgan fingerprint density at radius 3 is 2.24 bits per heavy atom. The van der Waals surface area contributed by atoms with Crippen LogP contribution in [0, 0.1) is 12.7 Å². The summed E-state index contributed by atoms with van der Waals surface area (Å²) in [6, 6.07) is 40.1. The molecule has 5 aromatic carbocycles. The molecule has 59 heavy (non-hydrogen) atoms. The smallest absolute Gasteiger partial charge is 0.264 e. The number of nitrogens with zero attached hydrogens (tertiary/aromatic N) is 4. The summed E-state index contributed by atoms with van der Waals surface area (Å²) >= 11 is 0. The van der Waals surface area contributed by atoms with Gasteiger partial charge in [-0.1, -0.05) is 72.8 Å². The summed E-state index contributed by atoms with van der Waals surface area (Å²) in [5.41, 5.74) is 7.05. The summed E-state index contributed by atoms with van der Waals surface area (Å²) in [7, 11) is 0. The van der Waals surface area contributed by atoms with Crippen molar-refractivity contribution in [3.05, 3.63) is 173 Å². The molecule has 3 heterocycles. The van der Waals surface area contributed by atoms with Crippen LogP contribution in [-0.4, -0.2) is 76.8 Å². The van der Waals surface area contributed by atoms with Crippen molar-refractivity contribution >= 4 is 23.2 Å². The number of aromatic nitrogens is 1. The number of carbonyl (C=O) groups excluding carboxylic acids is 2. The van der Waals surface area contributed by atoms with E-state index in [1.54, 1.807) is 41.3 Å². The number of halogens is 1. The average Bonchev–Trinajstić information content (AvgIpc) is 3.60. The van der Waals surface area contributed by atoms with Crippen LogP contribution in [0.15, 0.2) is 133 Å². The van der Waals surface area contributed by atoms with Crippen LogP contribution < -0.4 is 4.90 Å². The van der Waals surface area contributed by atoms with Crippen LogP contribution in [0.25, 0.3) is 11.3 Å². The number of aromatic hydroxyl groups is 1. The summed E-state index contributed by atoms with van der Waals surface area (Å²) < 4.78 is 29.3. The Morgan fingerprint density at radius 2 is 1.49 bits per heavy atom. The summed E-state index contributed by atoms with van der Waals surface area (Å²) in [5.74, 6) is -0.889. The van der Waals surface area contributed by atoms with E-state index in [2.05, 4.69) is 17.0 Å². The molecule has 0 spiro atoms. The highest BCUT2D eigenvalue weighted by Crippen LogP contribution is 2.36. The number of anilines is 2. The van der Waals surface area contributed by atoms with Crippen LogP contribution in [0.3, 0.4) is 0 Å². The first-order chi connectivity index (χ1) is 28.8. The number of hydrogen-bond donors (Lipinski definition) is 1. The standard InChI is InChI=1S/C49H49FN4O5/c1-35-45(49(57)54(40-15-6-3-7-16-40)41-18-20-43(55)21-19-41)31-47(52(35)23-10-26-59-34-36-11-4-2-5-12-36)46-30-39(50)17-22-44(46)48(56)53-32-38-14-9-8-13-37(38)29-42(53)33-51-24-27-58-28-25-51/h2-9,11-22,30-31,42,55H,10,23-29,32-34H2,1H3/t42-/m0/s1. The van der Waals surface area contributed by atoms with E-state index in [4.69, 9.17) is 9.47 Å². The van der Waals surface area contributed by atoms with Crippen molar-refractivity contribution in [3.63, 3.8) is 0 Å². The molecule has 302 valence electrons. The summed E-state index contributed by atoms with van der Waals surface area (Å²) in [6.45, 7) is 7.29. The molecule has 0 unspecified atom stereocenters. The van der Waals surface area contributed by atoms with E-state index in [1.807, 2.05) is 89.2 Å². The van der Waals surface area contributed by atoms with Crippen LogP contribution in [0.5, 0.6) is 5.75 Å². The molecule has 1 saturated heterocycles. The highest BCUT2D eigenvalue weighted by molar-refractivity contribution is 6.12. The highest BCUT2D eigenvalue weighted by atomic mass is 19.1. The molecule has 1 aromatic heterocycles. The fourth-order valence-corrected chi connectivity index (χ4v) is 8.28.